The minimum absolute atomic E-state index is 0. The summed E-state index contributed by atoms with van der Waals surface area (Å²) in [7, 11) is 0. The van der Waals surface area contributed by atoms with Crippen LogP contribution in [0.25, 0.3) is 0 Å². The first-order valence-corrected chi connectivity index (χ1v) is 8.41. The van der Waals surface area contributed by atoms with E-state index >= 15 is 0 Å². The Bertz CT molecular complexity index is 548. The van der Waals surface area contributed by atoms with Crippen molar-refractivity contribution in [2.45, 2.75) is 37.6 Å². The maximum absolute atomic E-state index is 12.1. The normalized spacial score (nSPS) is 16.1. The van der Waals surface area contributed by atoms with Crippen LogP contribution in [0.15, 0.2) is 28.7 Å². The highest BCUT2D eigenvalue weighted by Gasteiger charge is 2.34. The molecule has 7 heteroatoms. The summed E-state index contributed by atoms with van der Waals surface area (Å²) in [5.41, 5.74) is 6.00. The summed E-state index contributed by atoms with van der Waals surface area (Å²) in [5, 5.41) is 5.60. The van der Waals surface area contributed by atoms with Crippen LogP contribution < -0.4 is 16.4 Å². The molecule has 5 nitrogen and oxygen atoms in total. The van der Waals surface area contributed by atoms with Gasteiger partial charge in [-0.15, -0.1) is 12.4 Å². The molecule has 0 atom stereocenters. The highest BCUT2D eigenvalue weighted by atomic mass is 79.9. The number of hydrogen-bond donors (Lipinski definition) is 3. The number of nitrogens with one attached hydrogen (secondary N) is 2. The second kappa shape index (κ2) is 9.25. The van der Waals surface area contributed by atoms with Gasteiger partial charge in [-0.25, -0.2) is 0 Å². The third-order valence-corrected chi connectivity index (χ3v) is 4.47. The average molecular weight is 405 g/mol. The van der Waals surface area contributed by atoms with Crippen LogP contribution in [0.2, 0.25) is 0 Å². The number of carbonyl (C=O) groups excluding carboxylic acids is 2. The van der Waals surface area contributed by atoms with Gasteiger partial charge in [-0.2, -0.15) is 0 Å². The largest absolute Gasteiger partial charge is 0.353 e. The molecule has 2 amide bonds. The van der Waals surface area contributed by atoms with E-state index in [-0.39, 0.29) is 24.2 Å². The summed E-state index contributed by atoms with van der Waals surface area (Å²) in [6.45, 7) is 0.769. The molecule has 0 saturated heterocycles. The van der Waals surface area contributed by atoms with E-state index in [4.69, 9.17) is 5.73 Å². The van der Waals surface area contributed by atoms with Crippen LogP contribution in [-0.4, -0.2) is 30.4 Å². The molecule has 1 aromatic rings. The predicted molar refractivity (Wildman–Crippen MR) is 96.7 cm³/mol. The zero-order valence-corrected chi connectivity index (χ0v) is 15.3. The summed E-state index contributed by atoms with van der Waals surface area (Å²) in [6.07, 6.45) is 4.63. The molecule has 23 heavy (non-hydrogen) atoms. The van der Waals surface area contributed by atoms with Crippen molar-refractivity contribution in [3.8, 4) is 0 Å². The molecular weight excluding hydrogens is 382 g/mol. The van der Waals surface area contributed by atoms with Gasteiger partial charge in [-0.1, -0.05) is 41.3 Å². The van der Waals surface area contributed by atoms with E-state index in [1.807, 2.05) is 12.1 Å². The van der Waals surface area contributed by atoms with Crippen LogP contribution in [0.1, 0.15) is 42.5 Å². The maximum Gasteiger partial charge on any atom is 0.251 e. The highest BCUT2D eigenvalue weighted by Crippen LogP contribution is 2.25. The van der Waals surface area contributed by atoms with Gasteiger partial charge in [0.2, 0.25) is 5.91 Å². The third-order valence-electron chi connectivity index (χ3n) is 3.98. The second-order valence-electron chi connectivity index (χ2n) is 5.74. The molecule has 0 aromatic heterocycles. The molecule has 0 heterocycles. The molecule has 0 bridgehead atoms. The molecule has 0 aliphatic heterocycles. The van der Waals surface area contributed by atoms with Gasteiger partial charge in [0.05, 0.1) is 5.54 Å². The van der Waals surface area contributed by atoms with Crippen LogP contribution in [0, 0.1) is 0 Å². The number of carbonyl (C=O) groups is 2. The van der Waals surface area contributed by atoms with Gasteiger partial charge in [0.25, 0.3) is 5.91 Å². The Balaban J connectivity index is 0.00000264. The van der Waals surface area contributed by atoms with Crippen LogP contribution in [0.3, 0.4) is 0 Å². The van der Waals surface area contributed by atoms with Crippen molar-refractivity contribution in [2.75, 3.05) is 13.1 Å². The number of hydrogen-bond acceptors (Lipinski definition) is 3. The fraction of sp³-hybridized carbons (Fsp3) is 0.500. The number of amides is 2. The topological polar surface area (TPSA) is 84.2 Å². The van der Waals surface area contributed by atoms with E-state index in [1.54, 1.807) is 12.1 Å². The molecule has 1 aromatic carbocycles. The molecule has 0 radical (unpaired) electrons. The zero-order chi connectivity index (χ0) is 16.0. The Labute approximate surface area is 151 Å². The van der Waals surface area contributed by atoms with Crippen molar-refractivity contribution in [3.63, 3.8) is 0 Å². The van der Waals surface area contributed by atoms with Gasteiger partial charge >= 0.3 is 0 Å². The molecule has 128 valence electrons. The van der Waals surface area contributed by atoms with Gasteiger partial charge in [-0.05, 0) is 31.0 Å². The Hall–Kier alpha value is -1.11. The zero-order valence-electron chi connectivity index (χ0n) is 12.9. The first kappa shape index (κ1) is 19.9. The Morgan fingerprint density at radius 1 is 1.13 bits per heavy atom. The molecule has 0 unspecified atom stereocenters. The van der Waals surface area contributed by atoms with E-state index in [9.17, 15) is 9.59 Å². The summed E-state index contributed by atoms with van der Waals surface area (Å²) in [5.74, 6) is -0.264. The lowest BCUT2D eigenvalue weighted by molar-refractivity contribution is -0.127. The lowest BCUT2D eigenvalue weighted by atomic mass is 9.82. The number of nitrogens with two attached hydrogens (primary N) is 1. The van der Waals surface area contributed by atoms with Gasteiger partial charge in [0.1, 0.15) is 0 Å². The van der Waals surface area contributed by atoms with Gasteiger partial charge in [0, 0.05) is 23.1 Å². The monoisotopic (exact) mass is 403 g/mol. The van der Waals surface area contributed by atoms with Crippen molar-refractivity contribution >= 4 is 40.2 Å². The first-order chi connectivity index (χ1) is 10.5. The smallest absolute Gasteiger partial charge is 0.251 e. The SMILES string of the molecule is Cl.NC1(C(=O)NCCNC(=O)c2cccc(Br)c2)CCCCC1. The summed E-state index contributed by atoms with van der Waals surface area (Å²) >= 11 is 3.33. The predicted octanol–water partition coefficient (Wildman–Crippen LogP) is 2.38. The van der Waals surface area contributed by atoms with Gasteiger partial charge in [-0.3, -0.25) is 9.59 Å². The van der Waals surface area contributed by atoms with Crippen molar-refractivity contribution in [1.82, 2.24) is 10.6 Å². The molecule has 4 N–H and O–H groups in total. The van der Waals surface area contributed by atoms with Crippen molar-refractivity contribution in [1.29, 1.82) is 0 Å². The van der Waals surface area contributed by atoms with E-state index in [1.165, 1.54) is 0 Å². The lowest BCUT2D eigenvalue weighted by Crippen LogP contribution is -2.55. The fourth-order valence-electron chi connectivity index (χ4n) is 2.67. The Morgan fingerprint density at radius 3 is 2.43 bits per heavy atom. The summed E-state index contributed by atoms with van der Waals surface area (Å²) in [6, 6.07) is 7.17. The molecule has 1 fully saturated rings. The summed E-state index contributed by atoms with van der Waals surface area (Å²) < 4.78 is 0.857. The molecule has 2 rings (SSSR count). The minimum atomic E-state index is -0.730. The molecular formula is C16H23BrClN3O2. The van der Waals surface area contributed by atoms with Crippen molar-refractivity contribution < 1.29 is 9.59 Å². The van der Waals surface area contributed by atoms with Gasteiger partial charge in [0.15, 0.2) is 0 Å². The van der Waals surface area contributed by atoms with Crippen molar-refractivity contribution in [2.24, 2.45) is 5.73 Å². The van der Waals surface area contributed by atoms with Crippen LogP contribution in [0.5, 0.6) is 0 Å². The van der Waals surface area contributed by atoms with Crippen LogP contribution >= 0.6 is 28.3 Å². The quantitative estimate of drug-likeness (QED) is 0.659. The Morgan fingerprint density at radius 2 is 1.78 bits per heavy atom. The lowest BCUT2D eigenvalue weighted by Gasteiger charge is -2.31. The van der Waals surface area contributed by atoms with E-state index in [0.29, 0.717) is 18.7 Å². The van der Waals surface area contributed by atoms with Crippen molar-refractivity contribution in [3.05, 3.63) is 34.3 Å². The van der Waals surface area contributed by atoms with Gasteiger partial charge < -0.3 is 16.4 Å². The van der Waals surface area contributed by atoms with Crippen LogP contribution in [-0.2, 0) is 4.79 Å². The number of benzene rings is 1. The summed E-state index contributed by atoms with van der Waals surface area (Å²) in [4.78, 5) is 24.1. The Kier molecular flexibility index (Phi) is 8.02. The van der Waals surface area contributed by atoms with E-state index in [0.717, 1.165) is 36.6 Å². The molecule has 0 spiro atoms. The van der Waals surface area contributed by atoms with E-state index < -0.39 is 5.54 Å². The second-order valence-corrected chi connectivity index (χ2v) is 6.65. The number of halogens is 2. The highest BCUT2D eigenvalue weighted by molar-refractivity contribution is 9.10. The first-order valence-electron chi connectivity index (χ1n) is 7.62. The fourth-order valence-corrected chi connectivity index (χ4v) is 3.07. The standard InChI is InChI=1S/C16H22BrN3O2.ClH/c17-13-6-4-5-12(11-13)14(21)19-9-10-20-15(22)16(18)7-2-1-3-8-16;/h4-6,11H,1-3,7-10,18H2,(H,19,21)(H,20,22);1H. The average Bonchev–Trinajstić information content (AvgIpc) is 2.51. The van der Waals surface area contributed by atoms with E-state index in [2.05, 4.69) is 26.6 Å². The third kappa shape index (κ3) is 5.79. The molecule has 1 saturated carbocycles. The van der Waals surface area contributed by atoms with Crippen LogP contribution in [0.4, 0.5) is 0 Å². The molecule has 1 aliphatic carbocycles. The molecule has 1 aliphatic rings. The maximum atomic E-state index is 12.1. The number of rotatable bonds is 5. The minimum Gasteiger partial charge on any atom is -0.353 e.